The van der Waals surface area contributed by atoms with Crippen molar-refractivity contribution in [3.8, 4) is 0 Å². The van der Waals surface area contributed by atoms with Crippen LogP contribution in [-0.4, -0.2) is 16.1 Å². The molecule has 0 saturated carbocycles. The van der Waals surface area contributed by atoms with E-state index >= 15 is 0 Å². The number of unbranched alkanes of at least 4 members (excludes halogenated alkanes) is 2. The third kappa shape index (κ3) is 3.19. The quantitative estimate of drug-likeness (QED) is 0.651. The Morgan fingerprint density at radius 3 is 2.79 bits per heavy atom. The number of carboxylic acids is 1. The number of allylic oxidation sites excluding steroid dienone is 1. The number of aromatic nitrogens is 1. The summed E-state index contributed by atoms with van der Waals surface area (Å²) in [6.07, 6.45) is 4.58. The van der Waals surface area contributed by atoms with Crippen molar-refractivity contribution in [3.63, 3.8) is 0 Å². The average molecular weight is 255 g/mol. The van der Waals surface area contributed by atoms with Crippen molar-refractivity contribution in [1.82, 2.24) is 4.98 Å². The van der Waals surface area contributed by atoms with Crippen LogP contribution in [0.2, 0.25) is 0 Å². The Bertz CT molecular complexity index is 617. The summed E-state index contributed by atoms with van der Waals surface area (Å²) in [5.41, 5.74) is 1.64. The van der Waals surface area contributed by atoms with E-state index in [4.69, 9.17) is 0 Å². The van der Waals surface area contributed by atoms with Gasteiger partial charge in [-0.15, -0.1) is 0 Å². The van der Waals surface area contributed by atoms with Crippen LogP contribution in [0.25, 0.3) is 16.5 Å². The van der Waals surface area contributed by atoms with Crippen molar-refractivity contribution in [2.24, 2.45) is 0 Å². The molecule has 1 aromatic carbocycles. The molecule has 3 nitrogen and oxygen atoms in total. The van der Waals surface area contributed by atoms with Gasteiger partial charge in [0, 0.05) is 5.39 Å². The van der Waals surface area contributed by atoms with E-state index in [2.05, 4.69) is 11.9 Å². The van der Waals surface area contributed by atoms with Crippen LogP contribution in [-0.2, 0) is 4.79 Å². The minimum Gasteiger partial charge on any atom is -0.478 e. The zero-order valence-electron chi connectivity index (χ0n) is 11.0. The second-order valence-corrected chi connectivity index (χ2v) is 4.45. The van der Waals surface area contributed by atoms with Gasteiger partial charge in [0.2, 0.25) is 0 Å². The number of rotatable bonds is 5. The molecule has 0 saturated heterocycles. The second-order valence-electron chi connectivity index (χ2n) is 4.45. The van der Waals surface area contributed by atoms with Gasteiger partial charge in [-0.05, 0) is 18.6 Å². The van der Waals surface area contributed by atoms with E-state index in [0.717, 1.165) is 30.2 Å². The molecule has 0 radical (unpaired) electrons. The van der Waals surface area contributed by atoms with Gasteiger partial charge in [-0.1, -0.05) is 50.1 Å². The van der Waals surface area contributed by atoms with E-state index in [1.807, 2.05) is 30.3 Å². The minimum absolute atomic E-state index is 0.291. The van der Waals surface area contributed by atoms with Crippen LogP contribution in [0.3, 0.4) is 0 Å². The third-order valence-corrected chi connectivity index (χ3v) is 3.01. The molecule has 1 heterocycles. The zero-order valence-corrected chi connectivity index (χ0v) is 11.0. The molecule has 98 valence electrons. The SMILES string of the molecule is CCCC/C=C(/C(=O)O)c1ccc2ccccc2n1. The van der Waals surface area contributed by atoms with Crippen LogP contribution < -0.4 is 0 Å². The standard InChI is InChI=1S/C16H17NO2/c1-2-3-4-8-13(16(18)19)15-11-10-12-7-5-6-9-14(12)17-15/h5-11H,2-4H2,1H3,(H,18,19)/b13-8+. The summed E-state index contributed by atoms with van der Waals surface area (Å²) < 4.78 is 0. The zero-order chi connectivity index (χ0) is 13.7. The van der Waals surface area contributed by atoms with Crippen molar-refractivity contribution in [2.75, 3.05) is 0 Å². The van der Waals surface area contributed by atoms with Gasteiger partial charge in [-0.3, -0.25) is 0 Å². The highest BCUT2D eigenvalue weighted by atomic mass is 16.4. The first kappa shape index (κ1) is 13.3. The van der Waals surface area contributed by atoms with E-state index in [1.165, 1.54) is 0 Å². The maximum absolute atomic E-state index is 11.3. The molecule has 2 aromatic rings. The van der Waals surface area contributed by atoms with Gasteiger partial charge >= 0.3 is 5.97 Å². The fourth-order valence-corrected chi connectivity index (χ4v) is 1.97. The highest BCUT2D eigenvalue weighted by Gasteiger charge is 2.11. The lowest BCUT2D eigenvalue weighted by Gasteiger charge is -2.04. The van der Waals surface area contributed by atoms with Crippen LogP contribution in [0.1, 0.15) is 31.9 Å². The summed E-state index contributed by atoms with van der Waals surface area (Å²) in [6.45, 7) is 2.09. The summed E-state index contributed by atoms with van der Waals surface area (Å²) in [6, 6.07) is 11.4. The Hall–Kier alpha value is -2.16. The van der Waals surface area contributed by atoms with Crippen molar-refractivity contribution < 1.29 is 9.90 Å². The molecule has 2 rings (SSSR count). The lowest BCUT2D eigenvalue weighted by molar-refractivity contribution is -0.130. The van der Waals surface area contributed by atoms with E-state index in [0.29, 0.717) is 11.3 Å². The first-order valence-electron chi connectivity index (χ1n) is 6.52. The maximum atomic E-state index is 11.3. The predicted molar refractivity (Wildman–Crippen MR) is 76.9 cm³/mol. The second kappa shape index (κ2) is 6.14. The van der Waals surface area contributed by atoms with E-state index in [9.17, 15) is 9.90 Å². The van der Waals surface area contributed by atoms with E-state index < -0.39 is 5.97 Å². The number of para-hydroxylation sites is 1. The summed E-state index contributed by atoms with van der Waals surface area (Å²) in [7, 11) is 0. The van der Waals surface area contributed by atoms with Gasteiger partial charge in [0.1, 0.15) is 0 Å². The molecular weight excluding hydrogens is 238 g/mol. The Balaban J connectivity index is 2.39. The molecule has 0 unspecified atom stereocenters. The van der Waals surface area contributed by atoms with E-state index in [-0.39, 0.29) is 0 Å². The molecule has 0 spiro atoms. The van der Waals surface area contributed by atoms with Gasteiger partial charge in [0.15, 0.2) is 0 Å². The number of hydrogen-bond donors (Lipinski definition) is 1. The predicted octanol–water partition coefficient (Wildman–Crippen LogP) is 3.89. The third-order valence-electron chi connectivity index (χ3n) is 3.01. The van der Waals surface area contributed by atoms with Crippen LogP contribution in [0.5, 0.6) is 0 Å². The molecule has 0 aliphatic heterocycles. The monoisotopic (exact) mass is 255 g/mol. The van der Waals surface area contributed by atoms with Crippen LogP contribution in [0.15, 0.2) is 42.5 Å². The van der Waals surface area contributed by atoms with E-state index in [1.54, 1.807) is 12.1 Å². The molecule has 0 aliphatic rings. The minimum atomic E-state index is -0.918. The summed E-state index contributed by atoms with van der Waals surface area (Å²) in [4.78, 5) is 15.7. The number of hydrogen-bond acceptors (Lipinski definition) is 2. The van der Waals surface area contributed by atoms with Crippen LogP contribution in [0.4, 0.5) is 0 Å². The fraction of sp³-hybridized carbons (Fsp3) is 0.250. The molecule has 0 amide bonds. The fourth-order valence-electron chi connectivity index (χ4n) is 1.97. The molecular formula is C16H17NO2. The van der Waals surface area contributed by atoms with Gasteiger partial charge in [-0.25, -0.2) is 9.78 Å². The highest BCUT2D eigenvalue weighted by molar-refractivity contribution is 6.15. The van der Waals surface area contributed by atoms with Gasteiger partial charge in [-0.2, -0.15) is 0 Å². The topological polar surface area (TPSA) is 50.2 Å². The molecule has 1 aromatic heterocycles. The van der Waals surface area contributed by atoms with Gasteiger partial charge in [0.25, 0.3) is 0 Å². The number of aliphatic carboxylic acids is 1. The number of carboxylic acid groups (broad SMARTS) is 1. The van der Waals surface area contributed by atoms with Crippen LogP contribution in [0, 0.1) is 0 Å². The highest BCUT2D eigenvalue weighted by Crippen LogP contribution is 2.18. The first-order valence-corrected chi connectivity index (χ1v) is 6.52. The molecule has 0 bridgehead atoms. The Kier molecular flexibility index (Phi) is 4.29. The number of carbonyl (C=O) groups is 1. The van der Waals surface area contributed by atoms with Gasteiger partial charge < -0.3 is 5.11 Å². The lowest BCUT2D eigenvalue weighted by Crippen LogP contribution is -2.02. The normalized spacial score (nSPS) is 11.7. The molecule has 0 fully saturated rings. The molecule has 0 atom stereocenters. The Morgan fingerprint density at radius 1 is 1.26 bits per heavy atom. The first-order chi connectivity index (χ1) is 9.22. The number of pyridine rings is 1. The van der Waals surface area contributed by atoms with Crippen molar-refractivity contribution in [2.45, 2.75) is 26.2 Å². The van der Waals surface area contributed by atoms with Crippen molar-refractivity contribution >= 4 is 22.4 Å². The summed E-state index contributed by atoms with van der Waals surface area (Å²) in [5, 5.41) is 10.3. The number of nitrogens with zero attached hydrogens (tertiary/aromatic N) is 1. The Labute approximate surface area is 112 Å². The average Bonchev–Trinajstić information content (AvgIpc) is 2.43. The number of fused-ring (bicyclic) bond motifs is 1. The largest absolute Gasteiger partial charge is 0.478 e. The van der Waals surface area contributed by atoms with Crippen molar-refractivity contribution in [1.29, 1.82) is 0 Å². The molecule has 1 N–H and O–H groups in total. The van der Waals surface area contributed by atoms with Crippen molar-refractivity contribution in [3.05, 3.63) is 48.2 Å². The summed E-state index contributed by atoms with van der Waals surface area (Å²) >= 11 is 0. The number of benzene rings is 1. The molecule has 19 heavy (non-hydrogen) atoms. The van der Waals surface area contributed by atoms with Crippen LogP contribution >= 0.6 is 0 Å². The Morgan fingerprint density at radius 2 is 2.05 bits per heavy atom. The smallest absolute Gasteiger partial charge is 0.337 e. The van der Waals surface area contributed by atoms with Gasteiger partial charge in [0.05, 0.1) is 16.8 Å². The summed E-state index contributed by atoms with van der Waals surface area (Å²) in [5.74, 6) is -0.918. The molecule has 0 aliphatic carbocycles. The molecule has 3 heteroatoms. The lowest BCUT2D eigenvalue weighted by atomic mass is 10.1. The maximum Gasteiger partial charge on any atom is 0.337 e.